The number of hydrogen-bond donors (Lipinski definition) is 2. The Morgan fingerprint density at radius 2 is 1.63 bits per heavy atom. The predicted molar refractivity (Wildman–Crippen MR) is 114 cm³/mol. The third-order valence-corrected chi connectivity index (χ3v) is 5.83. The van der Waals surface area contributed by atoms with E-state index in [0.29, 0.717) is 5.69 Å². The lowest BCUT2D eigenvalue weighted by Gasteiger charge is -2.14. The Hall–Kier alpha value is -3.23. The van der Waals surface area contributed by atoms with Crippen molar-refractivity contribution in [3.8, 4) is 0 Å². The average Bonchev–Trinajstić information content (AvgIpc) is 2.73. The van der Waals surface area contributed by atoms with E-state index in [1.54, 1.807) is 24.3 Å². The number of carbonyl (C=O) groups excluding carboxylic acids is 2. The maximum absolute atomic E-state index is 12.5. The molecule has 1 amide bonds. The van der Waals surface area contributed by atoms with Gasteiger partial charge >= 0.3 is 5.97 Å². The van der Waals surface area contributed by atoms with Crippen molar-refractivity contribution in [2.75, 3.05) is 11.9 Å². The smallest absolute Gasteiger partial charge is 0.321 e. The zero-order chi connectivity index (χ0) is 21.7. The van der Waals surface area contributed by atoms with Crippen molar-refractivity contribution >= 4 is 38.4 Å². The van der Waals surface area contributed by atoms with E-state index in [1.807, 2.05) is 37.3 Å². The summed E-state index contributed by atoms with van der Waals surface area (Å²) in [6.45, 7) is 2.76. The van der Waals surface area contributed by atoms with E-state index in [-0.39, 0.29) is 4.90 Å². The molecule has 0 spiro atoms. The van der Waals surface area contributed by atoms with E-state index in [1.165, 1.54) is 19.1 Å². The summed E-state index contributed by atoms with van der Waals surface area (Å²) in [7, 11) is -3.91. The van der Waals surface area contributed by atoms with Crippen LogP contribution < -0.4 is 10.0 Å². The highest BCUT2D eigenvalue weighted by molar-refractivity contribution is 7.89. The molecule has 0 aliphatic heterocycles. The summed E-state index contributed by atoms with van der Waals surface area (Å²) in [5.74, 6) is -1.37. The Morgan fingerprint density at radius 3 is 2.33 bits per heavy atom. The first-order valence-corrected chi connectivity index (χ1v) is 10.8. The predicted octanol–water partition coefficient (Wildman–Crippen LogP) is 3.00. The molecule has 2 N–H and O–H groups in total. The van der Waals surface area contributed by atoms with Crippen molar-refractivity contribution in [2.45, 2.75) is 24.8 Å². The van der Waals surface area contributed by atoms with Gasteiger partial charge in [0.1, 0.15) is 6.54 Å². The molecular weight excluding hydrogens is 404 g/mol. The maximum Gasteiger partial charge on any atom is 0.321 e. The first-order chi connectivity index (χ1) is 14.2. The molecule has 0 aliphatic carbocycles. The number of anilines is 1. The van der Waals surface area contributed by atoms with Gasteiger partial charge in [-0.25, -0.2) is 8.42 Å². The molecule has 0 fully saturated rings. The summed E-state index contributed by atoms with van der Waals surface area (Å²) in [6, 6.07) is 19.2. The summed E-state index contributed by atoms with van der Waals surface area (Å²) in [6.07, 6.45) is -1.08. The topological polar surface area (TPSA) is 102 Å². The lowest BCUT2D eigenvalue weighted by atomic mass is 10.1. The van der Waals surface area contributed by atoms with Crippen molar-refractivity contribution in [1.82, 2.24) is 4.72 Å². The fourth-order valence-corrected chi connectivity index (χ4v) is 3.75. The van der Waals surface area contributed by atoms with Gasteiger partial charge in [0.25, 0.3) is 5.91 Å². The second-order valence-corrected chi connectivity index (χ2v) is 8.59. The molecule has 0 aliphatic rings. The Labute approximate surface area is 175 Å². The molecule has 0 saturated carbocycles. The molecule has 3 aromatic carbocycles. The van der Waals surface area contributed by atoms with E-state index in [0.717, 1.165) is 16.3 Å². The number of fused-ring (bicyclic) bond motifs is 1. The lowest BCUT2D eigenvalue weighted by molar-refractivity contribution is -0.151. The highest BCUT2D eigenvalue weighted by atomic mass is 32.2. The number of ether oxygens (including phenoxy) is 1. The van der Waals surface area contributed by atoms with Gasteiger partial charge in [-0.05, 0) is 48.9 Å². The van der Waals surface area contributed by atoms with Gasteiger partial charge in [-0.1, -0.05) is 48.0 Å². The molecule has 0 bridgehead atoms. The van der Waals surface area contributed by atoms with Gasteiger partial charge in [-0.2, -0.15) is 4.72 Å². The first kappa shape index (κ1) is 21.5. The van der Waals surface area contributed by atoms with Crippen molar-refractivity contribution in [3.05, 3.63) is 72.3 Å². The SMILES string of the molecule is Cc1ccc(NC(=O)[C@@H](C)OC(=O)CNS(=O)(=O)c2ccc3ccccc3c2)cc1. The van der Waals surface area contributed by atoms with Crippen molar-refractivity contribution in [1.29, 1.82) is 0 Å². The highest BCUT2D eigenvalue weighted by Gasteiger charge is 2.21. The van der Waals surface area contributed by atoms with Crippen LogP contribution in [0.15, 0.2) is 71.6 Å². The number of rotatable bonds is 7. The van der Waals surface area contributed by atoms with E-state index < -0.39 is 34.5 Å². The zero-order valence-corrected chi connectivity index (χ0v) is 17.4. The third-order valence-electron chi connectivity index (χ3n) is 4.43. The van der Waals surface area contributed by atoms with E-state index in [2.05, 4.69) is 10.0 Å². The van der Waals surface area contributed by atoms with Gasteiger partial charge in [0.2, 0.25) is 10.0 Å². The van der Waals surface area contributed by atoms with Crippen LogP contribution in [0.25, 0.3) is 10.8 Å². The van der Waals surface area contributed by atoms with Crippen LogP contribution >= 0.6 is 0 Å². The van der Waals surface area contributed by atoms with E-state index in [4.69, 9.17) is 4.74 Å². The number of nitrogens with one attached hydrogen (secondary N) is 2. The molecule has 30 heavy (non-hydrogen) atoms. The van der Waals surface area contributed by atoms with Gasteiger partial charge in [0.05, 0.1) is 4.90 Å². The number of amides is 1. The van der Waals surface area contributed by atoms with Crippen LogP contribution in [-0.4, -0.2) is 32.9 Å². The number of carbonyl (C=O) groups is 2. The van der Waals surface area contributed by atoms with Crippen LogP contribution in [0, 0.1) is 6.92 Å². The van der Waals surface area contributed by atoms with Crippen LogP contribution in [0.3, 0.4) is 0 Å². The van der Waals surface area contributed by atoms with Gasteiger partial charge in [-0.3, -0.25) is 9.59 Å². The second kappa shape index (κ2) is 9.06. The minimum absolute atomic E-state index is 0.0409. The average molecular weight is 426 g/mol. The van der Waals surface area contributed by atoms with E-state index in [9.17, 15) is 18.0 Å². The normalized spacial score (nSPS) is 12.3. The summed E-state index contributed by atoms with van der Waals surface area (Å²) < 4.78 is 32.2. The minimum Gasteiger partial charge on any atom is -0.452 e. The van der Waals surface area contributed by atoms with Crippen molar-refractivity contribution < 1.29 is 22.7 Å². The van der Waals surface area contributed by atoms with Crippen molar-refractivity contribution in [2.24, 2.45) is 0 Å². The standard InChI is InChI=1S/C22H22N2O5S/c1-15-7-10-19(11-8-15)24-22(26)16(2)29-21(25)14-23-30(27,28)20-12-9-17-5-3-4-6-18(17)13-20/h3-13,16,23H,14H2,1-2H3,(H,24,26)/t16-/m1/s1. The van der Waals surface area contributed by atoms with Crippen LogP contribution in [0.4, 0.5) is 5.69 Å². The monoisotopic (exact) mass is 426 g/mol. The fourth-order valence-electron chi connectivity index (χ4n) is 2.74. The van der Waals surface area contributed by atoms with Crippen LogP contribution in [-0.2, 0) is 24.3 Å². The molecule has 0 saturated heterocycles. The molecule has 3 aromatic rings. The zero-order valence-electron chi connectivity index (χ0n) is 16.6. The summed E-state index contributed by atoms with van der Waals surface area (Å²) in [4.78, 5) is 24.2. The molecular formula is C22H22N2O5S. The molecule has 0 aromatic heterocycles. The van der Waals surface area contributed by atoms with Gasteiger partial charge in [0, 0.05) is 5.69 Å². The Kier molecular flexibility index (Phi) is 6.49. The van der Waals surface area contributed by atoms with Gasteiger partial charge < -0.3 is 10.1 Å². The van der Waals surface area contributed by atoms with Crippen LogP contribution in [0.2, 0.25) is 0 Å². The largest absolute Gasteiger partial charge is 0.452 e. The molecule has 1 atom stereocenters. The van der Waals surface area contributed by atoms with E-state index >= 15 is 0 Å². The number of hydrogen-bond acceptors (Lipinski definition) is 5. The minimum atomic E-state index is -3.91. The third kappa shape index (κ3) is 5.43. The number of esters is 1. The maximum atomic E-state index is 12.5. The molecule has 8 heteroatoms. The highest BCUT2D eigenvalue weighted by Crippen LogP contribution is 2.18. The number of benzene rings is 3. The molecule has 0 heterocycles. The first-order valence-electron chi connectivity index (χ1n) is 9.30. The summed E-state index contributed by atoms with van der Waals surface area (Å²) in [5.41, 5.74) is 1.62. The molecule has 3 rings (SSSR count). The van der Waals surface area contributed by atoms with Crippen LogP contribution in [0.5, 0.6) is 0 Å². The van der Waals surface area contributed by atoms with Gasteiger partial charge in [0.15, 0.2) is 6.10 Å². The van der Waals surface area contributed by atoms with Crippen LogP contribution in [0.1, 0.15) is 12.5 Å². The quantitative estimate of drug-likeness (QED) is 0.566. The molecule has 0 unspecified atom stereocenters. The molecule has 0 radical (unpaired) electrons. The van der Waals surface area contributed by atoms with Gasteiger partial charge in [-0.15, -0.1) is 0 Å². The Bertz CT molecular complexity index is 1170. The second-order valence-electron chi connectivity index (χ2n) is 6.82. The summed E-state index contributed by atoms with van der Waals surface area (Å²) in [5, 5.41) is 4.31. The summed E-state index contributed by atoms with van der Waals surface area (Å²) >= 11 is 0. The number of sulfonamides is 1. The molecule has 156 valence electrons. The number of aryl methyl sites for hydroxylation is 1. The molecule has 7 nitrogen and oxygen atoms in total. The van der Waals surface area contributed by atoms with Crippen molar-refractivity contribution in [3.63, 3.8) is 0 Å². The fraction of sp³-hybridized carbons (Fsp3) is 0.182. The Morgan fingerprint density at radius 1 is 0.967 bits per heavy atom. The Balaban J connectivity index is 1.55. The lowest BCUT2D eigenvalue weighted by Crippen LogP contribution is -2.35.